The van der Waals surface area contributed by atoms with Gasteiger partial charge in [0.2, 0.25) is 0 Å². The Bertz CT molecular complexity index is 905. The lowest BCUT2D eigenvalue weighted by molar-refractivity contribution is 0.205. The third-order valence-electron chi connectivity index (χ3n) is 4.54. The van der Waals surface area contributed by atoms with Gasteiger partial charge in [-0.25, -0.2) is 0 Å². The fraction of sp³-hybridized carbons (Fsp3) is 0.100. The van der Waals surface area contributed by atoms with Crippen molar-refractivity contribution in [1.29, 1.82) is 0 Å². The Morgan fingerprint density at radius 2 is 1.86 bits per heavy atom. The molecule has 2 aliphatic rings. The Morgan fingerprint density at radius 3 is 2.86 bits per heavy atom. The molecule has 0 fully saturated rings. The van der Waals surface area contributed by atoms with Crippen LogP contribution in [0.5, 0.6) is 5.75 Å². The van der Waals surface area contributed by atoms with Gasteiger partial charge in [-0.1, -0.05) is 60.7 Å². The van der Waals surface area contributed by atoms with Crippen LogP contribution < -0.4 is 4.74 Å². The first-order chi connectivity index (χ1) is 10.4. The van der Waals surface area contributed by atoms with Gasteiger partial charge in [-0.3, -0.25) is 0 Å². The molecule has 1 unspecified atom stereocenters. The molecule has 1 nitrogen and oxygen atoms in total. The summed E-state index contributed by atoms with van der Waals surface area (Å²) in [6.45, 7) is 0. The largest absolute Gasteiger partial charge is 0.485 e. The van der Waals surface area contributed by atoms with E-state index in [9.17, 15) is 0 Å². The molecule has 0 saturated heterocycles. The normalized spacial score (nSPS) is 18.0. The maximum atomic E-state index is 6.30. The van der Waals surface area contributed by atoms with Crippen LogP contribution >= 0.6 is 0 Å². The molecule has 0 bridgehead atoms. The summed E-state index contributed by atoms with van der Waals surface area (Å²) in [5, 5.41) is 2.54. The van der Waals surface area contributed by atoms with Crippen molar-refractivity contribution in [3.8, 4) is 16.9 Å². The molecule has 5 rings (SSSR count). The van der Waals surface area contributed by atoms with Crippen molar-refractivity contribution in [3.05, 3.63) is 71.8 Å². The molecular formula is C20H14O. The SMILES string of the molecule is C1=Cc2cccc3c2C(C1)Oc1ccc2ccccc2c1-3. The zero-order valence-corrected chi connectivity index (χ0v) is 11.5. The first-order valence-corrected chi connectivity index (χ1v) is 7.40. The second-order valence-corrected chi connectivity index (χ2v) is 5.71. The lowest BCUT2D eigenvalue weighted by atomic mass is 9.83. The fourth-order valence-electron chi connectivity index (χ4n) is 3.63. The summed E-state index contributed by atoms with van der Waals surface area (Å²) >= 11 is 0. The van der Waals surface area contributed by atoms with Crippen molar-refractivity contribution in [2.24, 2.45) is 0 Å². The lowest BCUT2D eigenvalue weighted by Gasteiger charge is -2.32. The summed E-state index contributed by atoms with van der Waals surface area (Å²) in [6.07, 6.45) is 5.54. The molecule has 1 atom stereocenters. The highest BCUT2D eigenvalue weighted by atomic mass is 16.5. The van der Waals surface area contributed by atoms with E-state index in [4.69, 9.17) is 4.74 Å². The minimum atomic E-state index is 0.162. The zero-order chi connectivity index (χ0) is 13.8. The van der Waals surface area contributed by atoms with Crippen LogP contribution in [0.4, 0.5) is 0 Å². The van der Waals surface area contributed by atoms with Gasteiger partial charge in [0.25, 0.3) is 0 Å². The fourth-order valence-corrected chi connectivity index (χ4v) is 3.63. The van der Waals surface area contributed by atoms with E-state index in [2.05, 4.69) is 66.7 Å². The van der Waals surface area contributed by atoms with Crippen LogP contribution in [-0.2, 0) is 0 Å². The average molecular weight is 270 g/mol. The van der Waals surface area contributed by atoms with Gasteiger partial charge in [-0.15, -0.1) is 0 Å². The highest BCUT2D eigenvalue weighted by molar-refractivity contribution is 6.01. The molecule has 1 heterocycles. The number of hydrogen-bond acceptors (Lipinski definition) is 1. The molecule has 1 aliphatic heterocycles. The zero-order valence-electron chi connectivity index (χ0n) is 11.5. The smallest absolute Gasteiger partial charge is 0.128 e. The van der Waals surface area contributed by atoms with Crippen molar-refractivity contribution in [1.82, 2.24) is 0 Å². The van der Waals surface area contributed by atoms with Crippen molar-refractivity contribution in [2.75, 3.05) is 0 Å². The van der Waals surface area contributed by atoms with E-state index in [0.717, 1.165) is 12.2 Å². The van der Waals surface area contributed by atoms with Gasteiger partial charge in [0.05, 0.1) is 0 Å². The van der Waals surface area contributed by atoms with Gasteiger partial charge in [0.1, 0.15) is 11.9 Å². The predicted molar refractivity (Wildman–Crippen MR) is 86.4 cm³/mol. The van der Waals surface area contributed by atoms with Gasteiger partial charge >= 0.3 is 0 Å². The number of rotatable bonds is 0. The van der Waals surface area contributed by atoms with Crippen molar-refractivity contribution in [3.63, 3.8) is 0 Å². The topological polar surface area (TPSA) is 9.23 Å². The first-order valence-electron chi connectivity index (χ1n) is 7.40. The Labute approximate surface area is 123 Å². The van der Waals surface area contributed by atoms with Crippen molar-refractivity contribution >= 4 is 16.8 Å². The Morgan fingerprint density at radius 1 is 0.905 bits per heavy atom. The van der Waals surface area contributed by atoms with E-state index in [-0.39, 0.29) is 6.10 Å². The van der Waals surface area contributed by atoms with E-state index >= 15 is 0 Å². The molecule has 1 aliphatic carbocycles. The van der Waals surface area contributed by atoms with Crippen LogP contribution in [0.1, 0.15) is 23.7 Å². The summed E-state index contributed by atoms with van der Waals surface area (Å²) in [7, 11) is 0. The predicted octanol–water partition coefficient (Wildman–Crippen LogP) is 5.36. The van der Waals surface area contributed by atoms with Crippen LogP contribution in [-0.4, -0.2) is 0 Å². The summed E-state index contributed by atoms with van der Waals surface area (Å²) in [5.74, 6) is 1.01. The highest BCUT2D eigenvalue weighted by Gasteiger charge is 2.29. The molecule has 3 aromatic carbocycles. The minimum Gasteiger partial charge on any atom is -0.485 e. The third-order valence-corrected chi connectivity index (χ3v) is 4.54. The second kappa shape index (κ2) is 3.98. The molecule has 3 aromatic rings. The van der Waals surface area contributed by atoms with Crippen LogP contribution in [0.2, 0.25) is 0 Å². The van der Waals surface area contributed by atoms with E-state index in [0.29, 0.717) is 0 Å². The van der Waals surface area contributed by atoms with E-state index in [1.54, 1.807) is 0 Å². The van der Waals surface area contributed by atoms with Gasteiger partial charge in [-0.2, -0.15) is 0 Å². The first kappa shape index (κ1) is 11.2. The van der Waals surface area contributed by atoms with Crippen molar-refractivity contribution < 1.29 is 4.74 Å². The molecule has 100 valence electrons. The Balaban J connectivity index is 1.93. The Kier molecular flexibility index (Phi) is 2.12. The van der Waals surface area contributed by atoms with Crippen LogP contribution in [0.25, 0.3) is 28.0 Å². The number of hydrogen-bond donors (Lipinski definition) is 0. The van der Waals surface area contributed by atoms with Crippen LogP contribution in [0.3, 0.4) is 0 Å². The molecule has 0 N–H and O–H groups in total. The van der Waals surface area contributed by atoms with Crippen molar-refractivity contribution in [2.45, 2.75) is 12.5 Å². The molecule has 1 heteroatoms. The Hall–Kier alpha value is -2.54. The second-order valence-electron chi connectivity index (χ2n) is 5.71. The van der Waals surface area contributed by atoms with Crippen LogP contribution in [0.15, 0.2) is 60.7 Å². The maximum Gasteiger partial charge on any atom is 0.128 e. The minimum absolute atomic E-state index is 0.162. The average Bonchev–Trinajstić information content (AvgIpc) is 2.55. The summed E-state index contributed by atoms with van der Waals surface area (Å²) in [6, 6.07) is 19.4. The summed E-state index contributed by atoms with van der Waals surface area (Å²) in [5.41, 5.74) is 5.22. The monoisotopic (exact) mass is 270 g/mol. The molecule has 0 amide bonds. The standard InChI is InChI=1S/C20H14O/c1-2-8-15-13(5-1)11-12-18-20(15)16-9-3-6-14-7-4-10-17(21-18)19(14)16/h1-9,11-12,17H,10H2. The molecular weight excluding hydrogens is 256 g/mol. The highest BCUT2D eigenvalue weighted by Crippen LogP contribution is 2.49. The number of benzene rings is 3. The molecule has 0 spiro atoms. The third kappa shape index (κ3) is 1.46. The van der Waals surface area contributed by atoms with Crippen LogP contribution in [0, 0.1) is 0 Å². The molecule has 0 aromatic heterocycles. The van der Waals surface area contributed by atoms with Gasteiger partial charge < -0.3 is 4.74 Å². The number of ether oxygens (including phenoxy) is 1. The van der Waals surface area contributed by atoms with Gasteiger partial charge in [0, 0.05) is 17.5 Å². The summed E-state index contributed by atoms with van der Waals surface area (Å²) < 4.78 is 6.30. The number of fused-ring (bicyclic) bond motifs is 4. The summed E-state index contributed by atoms with van der Waals surface area (Å²) in [4.78, 5) is 0. The van der Waals surface area contributed by atoms with Gasteiger partial charge in [0.15, 0.2) is 0 Å². The van der Waals surface area contributed by atoms with Gasteiger partial charge in [-0.05, 0) is 28.0 Å². The van der Waals surface area contributed by atoms with E-state index in [1.165, 1.54) is 33.0 Å². The molecule has 21 heavy (non-hydrogen) atoms. The van der Waals surface area contributed by atoms with E-state index < -0.39 is 0 Å². The molecule has 0 saturated carbocycles. The molecule has 0 radical (unpaired) electrons. The lowest BCUT2D eigenvalue weighted by Crippen LogP contribution is -2.17. The van der Waals surface area contributed by atoms with E-state index in [1.807, 2.05) is 0 Å². The quantitative estimate of drug-likeness (QED) is 0.534. The maximum absolute atomic E-state index is 6.30.